The van der Waals surface area contributed by atoms with Gasteiger partial charge in [-0.3, -0.25) is 0 Å². The zero-order valence-electron chi connectivity index (χ0n) is 14.7. The fourth-order valence-corrected chi connectivity index (χ4v) is 4.30. The Kier molecular flexibility index (Phi) is 15.7. The van der Waals surface area contributed by atoms with Crippen LogP contribution < -0.4 is 0 Å². The van der Waals surface area contributed by atoms with Gasteiger partial charge in [-0.15, -0.1) is 0 Å². The standard InChI is InChI=1S/C17H38O2SSi/c1-18-21(3,19-2)17-15-13-11-9-7-5-4-6-8-10-12-14-16-20/h20H,4-17H2,1-3H3. The highest BCUT2D eigenvalue weighted by molar-refractivity contribution is 7.80. The Morgan fingerprint density at radius 2 is 0.952 bits per heavy atom. The van der Waals surface area contributed by atoms with Crippen molar-refractivity contribution >= 4 is 21.2 Å². The fraction of sp³-hybridized carbons (Fsp3) is 1.00. The fourth-order valence-electron chi connectivity index (χ4n) is 2.61. The van der Waals surface area contributed by atoms with Crippen LogP contribution in [-0.2, 0) is 8.85 Å². The number of hydrogen-bond donors (Lipinski definition) is 1. The van der Waals surface area contributed by atoms with E-state index >= 15 is 0 Å². The van der Waals surface area contributed by atoms with Gasteiger partial charge in [-0.05, 0) is 24.8 Å². The summed E-state index contributed by atoms with van der Waals surface area (Å²) in [5.41, 5.74) is 0. The van der Waals surface area contributed by atoms with E-state index in [1.165, 1.54) is 77.0 Å². The summed E-state index contributed by atoms with van der Waals surface area (Å²) in [6.07, 6.45) is 16.6. The van der Waals surface area contributed by atoms with Gasteiger partial charge >= 0.3 is 8.56 Å². The van der Waals surface area contributed by atoms with Crippen molar-refractivity contribution in [3.05, 3.63) is 0 Å². The smallest absolute Gasteiger partial charge is 0.334 e. The van der Waals surface area contributed by atoms with Crippen LogP contribution in [0.1, 0.15) is 77.0 Å². The largest absolute Gasteiger partial charge is 0.398 e. The molecule has 0 saturated carbocycles. The Bertz CT molecular complexity index is 211. The third-order valence-electron chi connectivity index (χ3n) is 4.40. The van der Waals surface area contributed by atoms with Crippen molar-refractivity contribution in [2.45, 2.75) is 89.6 Å². The van der Waals surface area contributed by atoms with E-state index in [1.807, 2.05) is 0 Å². The molecule has 0 spiro atoms. The van der Waals surface area contributed by atoms with Gasteiger partial charge in [0.15, 0.2) is 0 Å². The van der Waals surface area contributed by atoms with Crippen molar-refractivity contribution in [2.75, 3.05) is 20.0 Å². The molecule has 0 aromatic heterocycles. The van der Waals surface area contributed by atoms with Gasteiger partial charge in [0, 0.05) is 14.2 Å². The Morgan fingerprint density at radius 1 is 0.619 bits per heavy atom. The van der Waals surface area contributed by atoms with Crippen LogP contribution in [0.2, 0.25) is 12.6 Å². The first kappa shape index (κ1) is 21.5. The number of hydrogen-bond acceptors (Lipinski definition) is 3. The van der Waals surface area contributed by atoms with Gasteiger partial charge in [-0.1, -0.05) is 70.6 Å². The van der Waals surface area contributed by atoms with Crippen LogP contribution in [0.4, 0.5) is 0 Å². The quantitative estimate of drug-likeness (QED) is 0.213. The molecule has 0 aliphatic carbocycles. The molecule has 128 valence electrons. The molecule has 0 aliphatic rings. The van der Waals surface area contributed by atoms with Crippen molar-refractivity contribution in [3.8, 4) is 0 Å². The van der Waals surface area contributed by atoms with Gasteiger partial charge in [0.2, 0.25) is 0 Å². The van der Waals surface area contributed by atoms with Gasteiger partial charge in [-0.2, -0.15) is 12.6 Å². The SMILES string of the molecule is CO[Si](C)(CCCCCCCCCCCCCCS)OC. The first-order chi connectivity index (χ1) is 10.2. The van der Waals surface area contributed by atoms with Crippen molar-refractivity contribution in [1.29, 1.82) is 0 Å². The molecule has 0 heterocycles. The van der Waals surface area contributed by atoms with Gasteiger partial charge in [0.1, 0.15) is 0 Å². The molecular formula is C17H38O2SSi. The van der Waals surface area contributed by atoms with Crippen LogP contribution in [0.25, 0.3) is 0 Å². The Balaban J connectivity index is 3.16. The van der Waals surface area contributed by atoms with Gasteiger partial charge in [-0.25, -0.2) is 0 Å². The topological polar surface area (TPSA) is 18.5 Å². The summed E-state index contributed by atoms with van der Waals surface area (Å²) in [5, 5.41) is 0. The van der Waals surface area contributed by atoms with Crippen molar-refractivity contribution in [3.63, 3.8) is 0 Å². The third kappa shape index (κ3) is 13.8. The van der Waals surface area contributed by atoms with E-state index in [1.54, 1.807) is 14.2 Å². The number of rotatable bonds is 16. The second-order valence-electron chi connectivity index (χ2n) is 6.26. The molecular weight excluding hydrogens is 296 g/mol. The molecule has 0 saturated heterocycles. The van der Waals surface area contributed by atoms with E-state index < -0.39 is 8.56 Å². The molecule has 0 bridgehead atoms. The molecule has 0 fully saturated rings. The molecule has 0 aromatic carbocycles. The first-order valence-corrected chi connectivity index (χ1v) is 12.1. The van der Waals surface area contributed by atoms with Crippen LogP contribution >= 0.6 is 12.6 Å². The zero-order valence-corrected chi connectivity index (χ0v) is 16.6. The van der Waals surface area contributed by atoms with Crippen LogP contribution in [-0.4, -0.2) is 28.5 Å². The molecule has 0 radical (unpaired) electrons. The van der Waals surface area contributed by atoms with Crippen molar-refractivity contribution in [2.24, 2.45) is 0 Å². The zero-order chi connectivity index (χ0) is 15.8. The summed E-state index contributed by atoms with van der Waals surface area (Å²) in [5.74, 6) is 1.05. The molecule has 0 N–H and O–H groups in total. The Morgan fingerprint density at radius 3 is 1.29 bits per heavy atom. The van der Waals surface area contributed by atoms with E-state index in [0.717, 1.165) is 11.8 Å². The predicted octanol–water partition coefficient (Wildman–Crippen LogP) is 5.96. The monoisotopic (exact) mass is 334 g/mol. The lowest BCUT2D eigenvalue weighted by molar-refractivity contribution is 0.248. The lowest BCUT2D eigenvalue weighted by Crippen LogP contribution is -2.35. The molecule has 0 aromatic rings. The van der Waals surface area contributed by atoms with Gasteiger partial charge in [0.25, 0.3) is 0 Å². The van der Waals surface area contributed by atoms with E-state index in [0.29, 0.717) is 0 Å². The minimum absolute atomic E-state index is 1.05. The molecule has 0 aliphatic heterocycles. The van der Waals surface area contributed by atoms with Crippen molar-refractivity contribution < 1.29 is 8.85 Å². The van der Waals surface area contributed by atoms with E-state index in [2.05, 4.69) is 19.2 Å². The summed E-state index contributed by atoms with van der Waals surface area (Å²) < 4.78 is 11.0. The normalized spacial score (nSPS) is 12.0. The average molecular weight is 335 g/mol. The van der Waals surface area contributed by atoms with Crippen LogP contribution in [0.5, 0.6) is 0 Å². The van der Waals surface area contributed by atoms with Crippen molar-refractivity contribution in [1.82, 2.24) is 0 Å². The maximum atomic E-state index is 5.51. The molecule has 0 amide bonds. The predicted molar refractivity (Wildman–Crippen MR) is 99.7 cm³/mol. The second kappa shape index (κ2) is 15.4. The third-order valence-corrected chi connectivity index (χ3v) is 7.71. The summed E-state index contributed by atoms with van der Waals surface area (Å²) in [7, 11) is 1.77. The molecule has 2 nitrogen and oxygen atoms in total. The summed E-state index contributed by atoms with van der Waals surface area (Å²) in [4.78, 5) is 0. The summed E-state index contributed by atoms with van der Waals surface area (Å²) >= 11 is 4.24. The number of unbranched alkanes of at least 4 members (excludes halogenated alkanes) is 11. The Hall–Kier alpha value is 0.487. The Labute approximate surface area is 140 Å². The lowest BCUT2D eigenvalue weighted by Gasteiger charge is -2.22. The summed E-state index contributed by atoms with van der Waals surface area (Å²) in [6.45, 7) is 2.16. The molecule has 0 unspecified atom stereocenters. The average Bonchev–Trinajstić information content (AvgIpc) is 2.51. The van der Waals surface area contributed by atoms with Gasteiger partial charge in [0.05, 0.1) is 0 Å². The maximum Gasteiger partial charge on any atom is 0.334 e. The first-order valence-electron chi connectivity index (χ1n) is 8.89. The van der Waals surface area contributed by atoms with E-state index in [9.17, 15) is 0 Å². The summed E-state index contributed by atoms with van der Waals surface area (Å²) in [6, 6.07) is 1.13. The van der Waals surface area contributed by atoms with E-state index in [-0.39, 0.29) is 0 Å². The number of thiol groups is 1. The highest BCUT2D eigenvalue weighted by Gasteiger charge is 2.27. The maximum absolute atomic E-state index is 5.51. The molecule has 0 atom stereocenters. The van der Waals surface area contributed by atoms with Crippen LogP contribution in [0.3, 0.4) is 0 Å². The lowest BCUT2D eigenvalue weighted by atomic mass is 10.1. The molecule has 21 heavy (non-hydrogen) atoms. The highest BCUT2D eigenvalue weighted by atomic mass is 32.1. The van der Waals surface area contributed by atoms with Crippen LogP contribution in [0.15, 0.2) is 0 Å². The molecule has 0 rings (SSSR count). The second-order valence-corrected chi connectivity index (χ2v) is 10.3. The van der Waals surface area contributed by atoms with E-state index in [4.69, 9.17) is 8.85 Å². The molecule has 4 heteroatoms. The van der Waals surface area contributed by atoms with Gasteiger partial charge < -0.3 is 8.85 Å². The minimum Gasteiger partial charge on any atom is -0.398 e. The van der Waals surface area contributed by atoms with Crippen LogP contribution in [0, 0.1) is 0 Å². The highest BCUT2D eigenvalue weighted by Crippen LogP contribution is 2.17. The minimum atomic E-state index is -1.80.